The molecule has 1 heterocycles. The summed E-state index contributed by atoms with van der Waals surface area (Å²) in [6, 6.07) is 4.24. The zero-order chi connectivity index (χ0) is 14.5. The topological polar surface area (TPSA) is 57.5 Å². The lowest BCUT2D eigenvalue weighted by Gasteiger charge is -2.01. The summed E-state index contributed by atoms with van der Waals surface area (Å²) in [6.07, 6.45) is 0.929. The molecular weight excluding hydrogens is 290 g/mol. The molecule has 0 unspecified atom stereocenters. The van der Waals surface area contributed by atoms with E-state index in [1.54, 1.807) is 23.1 Å². The highest BCUT2D eigenvalue weighted by Crippen LogP contribution is 2.32. The summed E-state index contributed by atoms with van der Waals surface area (Å²) in [5, 5.41) is 14.0. The Bertz CT molecular complexity index is 622. The molecule has 108 valence electrons. The Morgan fingerprint density at radius 2 is 2.30 bits per heavy atom. The number of rotatable bonds is 6. The number of aromatic nitrogens is 1. The third-order valence-corrected chi connectivity index (χ3v) is 4.74. The molecule has 0 atom stereocenters. The van der Waals surface area contributed by atoms with Crippen LogP contribution in [-0.4, -0.2) is 28.2 Å². The minimum Gasteiger partial charge on any atom is -0.396 e. The summed E-state index contributed by atoms with van der Waals surface area (Å²) >= 11 is 3.27. The molecule has 0 amide bonds. The van der Waals surface area contributed by atoms with Crippen LogP contribution in [0, 0.1) is 6.92 Å². The molecule has 2 rings (SSSR count). The summed E-state index contributed by atoms with van der Waals surface area (Å²) in [5.74, 6) is 0.717. The standard InChI is InChI=1S/C14H19N3OS2/c1-4-10(3)16-17-14-15-13-9(2)7-11(19-6-5-18)8-12(13)20-14/h7-8,18H,4-6H2,1-3H3,(H,15,17)/b16-10+. The summed E-state index contributed by atoms with van der Waals surface area (Å²) < 4.78 is 1.15. The van der Waals surface area contributed by atoms with Crippen LogP contribution in [-0.2, 0) is 0 Å². The van der Waals surface area contributed by atoms with Gasteiger partial charge >= 0.3 is 0 Å². The molecule has 0 saturated heterocycles. The number of anilines is 1. The quantitative estimate of drug-likeness (QED) is 0.483. The van der Waals surface area contributed by atoms with E-state index < -0.39 is 0 Å². The van der Waals surface area contributed by atoms with Crippen molar-refractivity contribution >= 4 is 44.2 Å². The highest BCUT2D eigenvalue weighted by molar-refractivity contribution is 7.99. The molecule has 1 aromatic heterocycles. The average Bonchev–Trinajstić information content (AvgIpc) is 2.86. The number of fused-ring (bicyclic) bond motifs is 1. The molecule has 20 heavy (non-hydrogen) atoms. The number of thiazole rings is 1. The number of hydrogen-bond donors (Lipinski definition) is 2. The van der Waals surface area contributed by atoms with Gasteiger partial charge in [-0.1, -0.05) is 18.3 Å². The van der Waals surface area contributed by atoms with Crippen LogP contribution in [0.15, 0.2) is 22.1 Å². The van der Waals surface area contributed by atoms with Crippen LogP contribution in [0.5, 0.6) is 0 Å². The van der Waals surface area contributed by atoms with E-state index >= 15 is 0 Å². The Balaban J connectivity index is 2.26. The molecular formula is C14H19N3OS2. The number of nitrogens with zero attached hydrogens (tertiary/aromatic N) is 2. The van der Waals surface area contributed by atoms with Gasteiger partial charge in [-0.05, 0) is 38.0 Å². The van der Waals surface area contributed by atoms with Gasteiger partial charge in [0.05, 0.1) is 16.8 Å². The van der Waals surface area contributed by atoms with Crippen LogP contribution in [0.25, 0.3) is 10.2 Å². The maximum Gasteiger partial charge on any atom is 0.204 e. The fraction of sp³-hybridized carbons (Fsp3) is 0.429. The van der Waals surface area contributed by atoms with Crippen molar-refractivity contribution in [3.8, 4) is 0 Å². The van der Waals surface area contributed by atoms with Crippen molar-refractivity contribution in [3.63, 3.8) is 0 Å². The van der Waals surface area contributed by atoms with Gasteiger partial charge in [-0.25, -0.2) is 4.98 Å². The predicted molar refractivity (Wildman–Crippen MR) is 89.2 cm³/mol. The van der Waals surface area contributed by atoms with E-state index in [0.29, 0.717) is 0 Å². The number of nitrogens with one attached hydrogen (secondary N) is 1. The van der Waals surface area contributed by atoms with Crippen LogP contribution in [0.3, 0.4) is 0 Å². The zero-order valence-corrected chi connectivity index (χ0v) is 13.6. The minimum absolute atomic E-state index is 0.197. The summed E-state index contributed by atoms with van der Waals surface area (Å²) in [5.41, 5.74) is 6.26. The monoisotopic (exact) mass is 309 g/mol. The zero-order valence-electron chi connectivity index (χ0n) is 11.9. The Hall–Kier alpha value is -1.11. The SMILES string of the molecule is CC/C(C)=N/Nc1nc2c(C)cc(SCCO)cc2s1. The molecule has 0 aliphatic carbocycles. The molecule has 1 aromatic carbocycles. The smallest absolute Gasteiger partial charge is 0.204 e. The summed E-state index contributed by atoms with van der Waals surface area (Å²) in [6.45, 7) is 6.33. The predicted octanol–water partition coefficient (Wildman–Crippen LogP) is 3.89. The second kappa shape index (κ2) is 7.06. The van der Waals surface area contributed by atoms with Gasteiger partial charge in [-0.3, -0.25) is 5.43 Å². The van der Waals surface area contributed by atoms with Crippen molar-refractivity contribution in [2.24, 2.45) is 5.10 Å². The Morgan fingerprint density at radius 3 is 3.00 bits per heavy atom. The van der Waals surface area contributed by atoms with Crippen LogP contribution in [0.4, 0.5) is 5.13 Å². The molecule has 4 nitrogen and oxygen atoms in total. The number of thioether (sulfide) groups is 1. The number of benzene rings is 1. The van der Waals surface area contributed by atoms with E-state index in [2.05, 4.69) is 41.5 Å². The molecule has 0 bridgehead atoms. The Labute approximate surface area is 127 Å². The third-order valence-electron chi connectivity index (χ3n) is 2.87. The maximum atomic E-state index is 8.90. The van der Waals surface area contributed by atoms with Crippen molar-refractivity contribution in [1.82, 2.24) is 4.98 Å². The summed E-state index contributed by atoms with van der Waals surface area (Å²) in [4.78, 5) is 5.76. The summed E-state index contributed by atoms with van der Waals surface area (Å²) in [7, 11) is 0. The van der Waals surface area contributed by atoms with E-state index in [1.807, 2.05) is 6.92 Å². The van der Waals surface area contributed by atoms with Crippen molar-refractivity contribution in [3.05, 3.63) is 17.7 Å². The lowest BCUT2D eigenvalue weighted by Crippen LogP contribution is -1.94. The largest absolute Gasteiger partial charge is 0.396 e. The van der Waals surface area contributed by atoms with Gasteiger partial charge < -0.3 is 5.11 Å². The van der Waals surface area contributed by atoms with E-state index in [-0.39, 0.29) is 6.61 Å². The normalized spacial score (nSPS) is 12.1. The lowest BCUT2D eigenvalue weighted by molar-refractivity contribution is 0.322. The highest BCUT2D eigenvalue weighted by Gasteiger charge is 2.08. The molecule has 6 heteroatoms. The number of aliphatic hydroxyl groups excluding tert-OH is 1. The second-order valence-electron chi connectivity index (χ2n) is 4.49. The van der Waals surface area contributed by atoms with E-state index in [1.165, 1.54) is 4.90 Å². The van der Waals surface area contributed by atoms with Gasteiger partial charge in [-0.15, -0.1) is 11.8 Å². The van der Waals surface area contributed by atoms with Gasteiger partial charge in [0.15, 0.2) is 0 Å². The van der Waals surface area contributed by atoms with Gasteiger partial charge in [0.1, 0.15) is 0 Å². The van der Waals surface area contributed by atoms with Crippen molar-refractivity contribution < 1.29 is 5.11 Å². The lowest BCUT2D eigenvalue weighted by atomic mass is 10.2. The third kappa shape index (κ3) is 3.71. The minimum atomic E-state index is 0.197. The van der Waals surface area contributed by atoms with Gasteiger partial charge in [0.2, 0.25) is 5.13 Å². The second-order valence-corrected chi connectivity index (χ2v) is 6.69. The molecule has 0 aliphatic heterocycles. The highest BCUT2D eigenvalue weighted by atomic mass is 32.2. The van der Waals surface area contributed by atoms with E-state index in [9.17, 15) is 0 Å². The first-order valence-electron chi connectivity index (χ1n) is 6.58. The number of hydrogen-bond acceptors (Lipinski definition) is 6. The molecule has 0 fully saturated rings. The van der Waals surface area contributed by atoms with Gasteiger partial charge in [-0.2, -0.15) is 5.10 Å². The fourth-order valence-corrected chi connectivity index (χ4v) is 3.47. The molecule has 2 aromatic rings. The molecule has 2 N–H and O–H groups in total. The van der Waals surface area contributed by atoms with Crippen molar-refractivity contribution in [1.29, 1.82) is 0 Å². The van der Waals surface area contributed by atoms with Crippen molar-refractivity contribution in [2.45, 2.75) is 32.1 Å². The van der Waals surface area contributed by atoms with E-state index in [4.69, 9.17) is 5.11 Å². The Morgan fingerprint density at radius 1 is 1.50 bits per heavy atom. The Kier molecular flexibility index (Phi) is 5.39. The van der Waals surface area contributed by atoms with Gasteiger partial charge in [0, 0.05) is 16.4 Å². The van der Waals surface area contributed by atoms with E-state index in [0.717, 1.165) is 38.8 Å². The van der Waals surface area contributed by atoms with Crippen LogP contribution >= 0.6 is 23.1 Å². The maximum absolute atomic E-state index is 8.90. The fourth-order valence-electron chi connectivity index (χ4n) is 1.68. The molecule has 0 aliphatic rings. The molecule has 0 radical (unpaired) electrons. The van der Waals surface area contributed by atoms with Crippen LogP contribution in [0.2, 0.25) is 0 Å². The number of aryl methyl sites for hydroxylation is 1. The number of aliphatic hydroxyl groups is 1. The molecule has 0 saturated carbocycles. The first-order chi connectivity index (χ1) is 9.63. The molecule has 0 spiro atoms. The first kappa shape index (κ1) is 15.3. The average molecular weight is 309 g/mol. The van der Waals surface area contributed by atoms with Gasteiger partial charge in [0.25, 0.3) is 0 Å². The van der Waals surface area contributed by atoms with Crippen LogP contribution < -0.4 is 5.43 Å². The van der Waals surface area contributed by atoms with Crippen molar-refractivity contribution in [2.75, 3.05) is 17.8 Å². The van der Waals surface area contributed by atoms with Crippen LogP contribution in [0.1, 0.15) is 25.8 Å². The number of hydrazone groups is 1. The first-order valence-corrected chi connectivity index (χ1v) is 8.38.